The van der Waals surface area contributed by atoms with E-state index in [1.807, 2.05) is 36.4 Å². The van der Waals surface area contributed by atoms with E-state index < -0.39 is 22.0 Å². The lowest BCUT2D eigenvalue weighted by Crippen LogP contribution is -2.45. The van der Waals surface area contributed by atoms with Gasteiger partial charge >= 0.3 is 0 Å². The molecular weight excluding hydrogens is 436 g/mol. The maximum atomic E-state index is 13.3. The number of hydrogen-bond donors (Lipinski definition) is 2. The number of benzene rings is 3. The number of pyridine rings is 1. The lowest BCUT2D eigenvalue weighted by molar-refractivity contribution is -0.117. The first-order valence-corrected chi connectivity index (χ1v) is 11.7. The molecular formula is C25H20N4O3S. The Morgan fingerprint density at radius 2 is 1.73 bits per heavy atom. The van der Waals surface area contributed by atoms with Gasteiger partial charge in [0.2, 0.25) is 15.9 Å². The molecule has 0 radical (unpaired) electrons. The van der Waals surface area contributed by atoms with Crippen molar-refractivity contribution in [3.05, 3.63) is 102 Å². The Bertz CT molecular complexity index is 1440. The van der Waals surface area contributed by atoms with Crippen molar-refractivity contribution >= 4 is 32.5 Å². The first kappa shape index (κ1) is 22.1. The molecule has 4 aromatic rings. The third kappa shape index (κ3) is 5.23. The molecule has 1 amide bonds. The molecule has 7 nitrogen and oxygen atoms in total. The predicted molar refractivity (Wildman–Crippen MR) is 126 cm³/mol. The highest BCUT2D eigenvalue weighted by Gasteiger charge is 2.28. The summed E-state index contributed by atoms with van der Waals surface area (Å²) >= 11 is 0. The number of carbonyl (C=O) groups excluding carboxylic acids is 1. The van der Waals surface area contributed by atoms with Gasteiger partial charge in [-0.2, -0.15) is 9.98 Å². The van der Waals surface area contributed by atoms with Gasteiger partial charge in [0.1, 0.15) is 10.9 Å². The Labute approximate surface area is 191 Å². The maximum Gasteiger partial charge on any atom is 0.243 e. The Hall–Kier alpha value is -4.06. The van der Waals surface area contributed by atoms with Crippen LogP contribution in [0.5, 0.6) is 0 Å². The summed E-state index contributed by atoms with van der Waals surface area (Å²) in [5.74, 6) is -0.536. The molecule has 0 aliphatic carbocycles. The highest BCUT2D eigenvalue weighted by molar-refractivity contribution is 7.89. The van der Waals surface area contributed by atoms with Gasteiger partial charge in [0.25, 0.3) is 0 Å². The molecule has 1 atom stereocenters. The zero-order valence-corrected chi connectivity index (χ0v) is 18.3. The Balaban J connectivity index is 1.66. The van der Waals surface area contributed by atoms with Crippen molar-refractivity contribution in [2.75, 3.05) is 5.32 Å². The Morgan fingerprint density at radius 1 is 0.970 bits per heavy atom. The van der Waals surface area contributed by atoms with Gasteiger partial charge in [-0.15, -0.1) is 0 Å². The van der Waals surface area contributed by atoms with Gasteiger partial charge in [0, 0.05) is 17.3 Å². The number of fused-ring (bicyclic) bond motifs is 1. The van der Waals surface area contributed by atoms with E-state index >= 15 is 0 Å². The number of rotatable bonds is 7. The lowest BCUT2D eigenvalue weighted by atomic mass is 10.1. The van der Waals surface area contributed by atoms with E-state index in [4.69, 9.17) is 5.26 Å². The van der Waals surface area contributed by atoms with Crippen LogP contribution in [0.3, 0.4) is 0 Å². The van der Waals surface area contributed by atoms with Crippen molar-refractivity contribution in [1.82, 2.24) is 9.71 Å². The minimum Gasteiger partial charge on any atom is -0.325 e. The van der Waals surface area contributed by atoms with Crippen LogP contribution in [0.1, 0.15) is 11.1 Å². The summed E-state index contributed by atoms with van der Waals surface area (Å²) in [5, 5.41) is 12.5. The summed E-state index contributed by atoms with van der Waals surface area (Å²) in [6, 6.07) is 24.9. The molecule has 2 N–H and O–H groups in total. The van der Waals surface area contributed by atoms with E-state index in [1.165, 1.54) is 18.3 Å². The number of sulfonamides is 1. The second kappa shape index (κ2) is 9.61. The van der Waals surface area contributed by atoms with Gasteiger partial charge in [0.15, 0.2) is 0 Å². The number of para-hydroxylation sites is 1. The highest BCUT2D eigenvalue weighted by atomic mass is 32.2. The summed E-state index contributed by atoms with van der Waals surface area (Å²) in [6.07, 6.45) is 1.67. The summed E-state index contributed by atoms with van der Waals surface area (Å²) < 4.78 is 29.2. The van der Waals surface area contributed by atoms with Crippen LogP contribution in [-0.4, -0.2) is 25.4 Å². The van der Waals surface area contributed by atoms with Crippen LogP contribution in [0.2, 0.25) is 0 Å². The van der Waals surface area contributed by atoms with E-state index in [1.54, 1.807) is 42.5 Å². The second-order valence-electron chi connectivity index (χ2n) is 7.38. The molecule has 164 valence electrons. The molecule has 1 aromatic heterocycles. The Kier molecular flexibility index (Phi) is 6.45. The topological polar surface area (TPSA) is 112 Å². The normalized spacial score (nSPS) is 12.1. The third-order valence-corrected chi connectivity index (χ3v) is 6.54. The van der Waals surface area contributed by atoms with Crippen molar-refractivity contribution in [1.29, 1.82) is 5.26 Å². The summed E-state index contributed by atoms with van der Waals surface area (Å²) in [6.45, 7) is 0. The summed E-state index contributed by atoms with van der Waals surface area (Å²) in [7, 11) is -4.08. The SMILES string of the molecule is N#Cc1cccc(NC(=O)[C@@H](Cc2ccccc2)NS(=O)(=O)c2cccc3cccnc23)c1. The van der Waals surface area contributed by atoms with Crippen molar-refractivity contribution in [3.8, 4) is 6.07 Å². The number of anilines is 1. The third-order valence-electron chi connectivity index (χ3n) is 5.04. The maximum absolute atomic E-state index is 13.3. The number of amides is 1. The molecule has 0 aliphatic rings. The second-order valence-corrected chi connectivity index (χ2v) is 9.06. The fraction of sp³-hybridized carbons (Fsp3) is 0.0800. The largest absolute Gasteiger partial charge is 0.325 e. The molecule has 8 heteroatoms. The number of hydrogen-bond acceptors (Lipinski definition) is 5. The van der Waals surface area contributed by atoms with Gasteiger partial charge in [-0.05, 0) is 42.3 Å². The molecule has 0 fully saturated rings. The average molecular weight is 457 g/mol. The van der Waals surface area contributed by atoms with Gasteiger partial charge in [-0.3, -0.25) is 9.78 Å². The van der Waals surface area contributed by atoms with E-state index in [9.17, 15) is 13.2 Å². The first-order valence-electron chi connectivity index (χ1n) is 10.2. The van der Waals surface area contributed by atoms with Crippen LogP contribution < -0.4 is 10.0 Å². The van der Waals surface area contributed by atoms with Crippen LogP contribution in [0.15, 0.2) is 96.0 Å². The quantitative estimate of drug-likeness (QED) is 0.441. The minimum absolute atomic E-state index is 0.00191. The number of nitrogens with zero attached hydrogens (tertiary/aromatic N) is 2. The zero-order chi connectivity index (χ0) is 23.3. The molecule has 0 unspecified atom stereocenters. The standard InChI is InChI=1S/C25H20N4O3S/c26-17-19-9-4-12-21(15-19)28-25(30)22(16-18-7-2-1-3-8-18)29-33(31,32)23-13-5-10-20-11-6-14-27-24(20)23/h1-15,22,29H,16H2,(H,28,30)/t22-/m1/s1. The predicted octanol–water partition coefficient (Wildman–Crippen LogP) is 3.63. The van der Waals surface area contributed by atoms with Crippen LogP contribution in [-0.2, 0) is 21.2 Å². The van der Waals surface area contributed by atoms with Gasteiger partial charge in [-0.1, -0.05) is 54.6 Å². The van der Waals surface area contributed by atoms with Gasteiger partial charge in [0.05, 0.1) is 17.1 Å². The first-order chi connectivity index (χ1) is 16.0. The monoisotopic (exact) mass is 456 g/mol. The molecule has 1 heterocycles. The summed E-state index contributed by atoms with van der Waals surface area (Å²) in [4.78, 5) is 17.4. The van der Waals surface area contributed by atoms with Crippen LogP contribution >= 0.6 is 0 Å². The average Bonchev–Trinajstić information content (AvgIpc) is 2.84. The van der Waals surface area contributed by atoms with Crippen molar-refractivity contribution in [3.63, 3.8) is 0 Å². The smallest absolute Gasteiger partial charge is 0.243 e. The van der Waals surface area contributed by atoms with E-state index in [-0.39, 0.29) is 11.3 Å². The van der Waals surface area contributed by atoms with Crippen molar-refractivity contribution < 1.29 is 13.2 Å². The van der Waals surface area contributed by atoms with E-state index in [0.717, 1.165) is 5.56 Å². The van der Waals surface area contributed by atoms with E-state index in [0.29, 0.717) is 22.2 Å². The van der Waals surface area contributed by atoms with Gasteiger partial charge < -0.3 is 5.32 Å². The minimum atomic E-state index is -4.08. The number of carbonyl (C=O) groups is 1. The fourth-order valence-electron chi connectivity index (χ4n) is 3.48. The van der Waals surface area contributed by atoms with Crippen LogP contribution in [0, 0.1) is 11.3 Å². The van der Waals surface area contributed by atoms with E-state index in [2.05, 4.69) is 15.0 Å². The zero-order valence-electron chi connectivity index (χ0n) is 17.5. The van der Waals surface area contributed by atoms with Crippen LogP contribution in [0.25, 0.3) is 10.9 Å². The summed E-state index contributed by atoms with van der Waals surface area (Å²) in [5.41, 5.74) is 1.91. The fourth-order valence-corrected chi connectivity index (χ4v) is 4.85. The molecule has 0 saturated heterocycles. The van der Waals surface area contributed by atoms with Gasteiger partial charge in [-0.25, -0.2) is 8.42 Å². The molecule has 33 heavy (non-hydrogen) atoms. The van der Waals surface area contributed by atoms with Crippen molar-refractivity contribution in [2.45, 2.75) is 17.4 Å². The molecule has 0 bridgehead atoms. The molecule has 0 aliphatic heterocycles. The molecule has 0 saturated carbocycles. The number of nitrogens with one attached hydrogen (secondary N) is 2. The molecule has 0 spiro atoms. The Morgan fingerprint density at radius 3 is 2.52 bits per heavy atom. The van der Waals surface area contributed by atoms with Crippen molar-refractivity contribution in [2.24, 2.45) is 0 Å². The lowest BCUT2D eigenvalue weighted by Gasteiger charge is -2.19. The number of aromatic nitrogens is 1. The molecule has 4 rings (SSSR count). The number of nitriles is 1. The highest BCUT2D eigenvalue weighted by Crippen LogP contribution is 2.21. The van der Waals surface area contributed by atoms with Crippen LogP contribution in [0.4, 0.5) is 5.69 Å². The molecule has 3 aromatic carbocycles.